The number of fused-ring (bicyclic) bond motifs is 2. The van der Waals surface area contributed by atoms with Crippen LogP contribution in [0.3, 0.4) is 0 Å². The smallest absolute Gasteiger partial charge is 0.166 e. The fourth-order valence-electron chi connectivity index (χ4n) is 2.64. The fourth-order valence-corrected chi connectivity index (χ4v) is 2.64. The second-order valence-corrected chi connectivity index (χ2v) is 4.83. The summed E-state index contributed by atoms with van der Waals surface area (Å²) in [7, 11) is 1.91. The molecule has 1 N–H and O–H groups in total. The van der Waals surface area contributed by atoms with Crippen molar-refractivity contribution in [3.63, 3.8) is 0 Å². The van der Waals surface area contributed by atoms with E-state index < -0.39 is 0 Å². The molecular formula is C16H16FNO. The first-order chi connectivity index (χ1) is 9.29. The predicted octanol–water partition coefficient (Wildman–Crippen LogP) is 3.48. The number of ether oxygens (including phenoxy) is 1. The molecule has 3 rings (SSSR count). The molecule has 1 atom stereocenters. The minimum Gasteiger partial charge on any atom is -0.454 e. The number of halogens is 1. The first kappa shape index (κ1) is 12.2. The number of hydrogen-bond donors (Lipinski definition) is 1. The minimum absolute atomic E-state index is 0.222. The maximum absolute atomic E-state index is 14.0. The zero-order chi connectivity index (χ0) is 13.2. The number of hydrogen-bond acceptors (Lipinski definition) is 2. The molecule has 0 amide bonds. The van der Waals surface area contributed by atoms with Gasteiger partial charge in [0.05, 0.1) is 0 Å². The van der Waals surface area contributed by atoms with Crippen LogP contribution >= 0.6 is 0 Å². The van der Waals surface area contributed by atoms with Crippen LogP contribution in [0.4, 0.5) is 4.39 Å². The molecule has 0 aromatic heterocycles. The molecule has 0 saturated carbocycles. The van der Waals surface area contributed by atoms with Crippen LogP contribution in [0, 0.1) is 5.82 Å². The van der Waals surface area contributed by atoms with Crippen LogP contribution in [-0.4, -0.2) is 13.6 Å². The number of nitrogens with one attached hydrogen (secondary N) is 1. The van der Waals surface area contributed by atoms with E-state index in [1.807, 2.05) is 37.4 Å². The molecule has 3 heteroatoms. The summed E-state index contributed by atoms with van der Waals surface area (Å²) in [4.78, 5) is 0. The Kier molecular flexibility index (Phi) is 3.22. The first-order valence-electron chi connectivity index (χ1n) is 6.48. The molecule has 0 saturated heterocycles. The Bertz CT molecular complexity index is 597. The monoisotopic (exact) mass is 257 g/mol. The van der Waals surface area contributed by atoms with Crippen LogP contribution in [0.1, 0.15) is 17.0 Å². The zero-order valence-electron chi connectivity index (χ0n) is 10.8. The molecule has 0 fully saturated rings. The molecule has 1 aliphatic heterocycles. The van der Waals surface area contributed by atoms with E-state index in [1.165, 1.54) is 6.07 Å². The van der Waals surface area contributed by atoms with Gasteiger partial charge in [-0.2, -0.15) is 0 Å². The van der Waals surface area contributed by atoms with E-state index in [-0.39, 0.29) is 11.7 Å². The van der Waals surface area contributed by atoms with E-state index in [2.05, 4.69) is 5.32 Å². The van der Waals surface area contributed by atoms with Crippen LogP contribution in [0.5, 0.6) is 11.5 Å². The summed E-state index contributed by atoms with van der Waals surface area (Å²) in [5.74, 6) is 1.05. The average molecular weight is 257 g/mol. The minimum atomic E-state index is -0.296. The van der Waals surface area contributed by atoms with Crippen LogP contribution in [0.25, 0.3) is 0 Å². The SMILES string of the molecule is CNCC1Cc2ccccc2Oc2c(F)cccc21. The fraction of sp³-hybridized carbons (Fsp3) is 0.250. The van der Waals surface area contributed by atoms with Gasteiger partial charge in [-0.05, 0) is 31.2 Å². The molecule has 0 bridgehead atoms. The predicted molar refractivity (Wildman–Crippen MR) is 73.3 cm³/mol. The second kappa shape index (κ2) is 5.02. The van der Waals surface area contributed by atoms with Gasteiger partial charge in [0.15, 0.2) is 11.6 Å². The number of likely N-dealkylation sites (N-methyl/N-ethyl adjacent to an activating group) is 1. The largest absolute Gasteiger partial charge is 0.454 e. The van der Waals surface area contributed by atoms with Crippen molar-refractivity contribution in [1.82, 2.24) is 5.32 Å². The average Bonchev–Trinajstić information content (AvgIpc) is 2.57. The highest BCUT2D eigenvalue weighted by Crippen LogP contribution is 2.40. The van der Waals surface area contributed by atoms with Gasteiger partial charge in [-0.15, -0.1) is 0 Å². The molecular weight excluding hydrogens is 241 g/mol. The summed E-state index contributed by atoms with van der Waals surface area (Å²) in [6, 6.07) is 13.0. The van der Waals surface area contributed by atoms with E-state index in [4.69, 9.17) is 4.74 Å². The molecule has 1 aliphatic rings. The lowest BCUT2D eigenvalue weighted by Crippen LogP contribution is -2.18. The van der Waals surface area contributed by atoms with Crippen LogP contribution in [0.15, 0.2) is 42.5 Å². The molecule has 0 spiro atoms. The van der Waals surface area contributed by atoms with Gasteiger partial charge in [0.2, 0.25) is 0 Å². The lowest BCUT2D eigenvalue weighted by molar-refractivity contribution is 0.437. The maximum Gasteiger partial charge on any atom is 0.166 e. The Morgan fingerprint density at radius 2 is 2.05 bits per heavy atom. The Balaban J connectivity index is 2.13. The third-order valence-electron chi connectivity index (χ3n) is 3.54. The lowest BCUT2D eigenvalue weighted by Gasteiger charge is -2.16. The maximum atomic E-state index is 14.0. The third kappa shape index (κ3) is 2.22. The van der Waals surface area contributed by atoms with E-state index in [9.17, 15) is 4.39 Å². The highest BCUT2D eigenvalue weighted by molar-refractivity contribution is 5.47. The van der Waals surface area contributed by atoms with E-state index in [0.717, 1.165) is 29.8 Å². The first-order valence-corrected chi connectivity index (χ1v) is 6.48. The van der Waals surface area contributed by atoms with Gasteiger partial charge in [-0.25, -0.2) is 4.39 Å². The Morgan fingerprint density at radius 1 is 1.21 bits per heavy atom. The van der Waals surface area contributed by atoms with Gasteiger partial charge >= 0.3 is 0 Å². The summed E-state index contributed by atoms with van der Waals surface area (Å²) in [6.45, 7) is 0.800. The van der Waals surface area contributed by atoms with E-state index >= 15 is 0 Å². The van der Waals surface area contributed by atoms with Crippen molar-refractivity contribution in [2.24, 2.45) is 0 Å². The van der Waals surface area contributed by atoms with Gasteiger partial charge in [0, 0.05) is 18.0 Å². The molecule has 98 valence electrons. The van der Waals surface area contributed by atoms with Crippen molar-refractivity contribution < 1.29 is 9.13 Å². The van der Waals surface area contributed by atoms with E-state index in [1.54, 1.807) is 6.07 Å². The van der Waals surface area contributed by atoms with E-state index in [0.29, 0.717) is 5.75 Å². The molecule has 0 aliphatic carbocycles. The zero-order valence-corrected chi connectivity index (χ0v) is 10.8. The van der Waals surface area contributed by atoms with Crippen LogP contribution in [0.2, 0.25) is 0 Å². The van der Waals surface area contributed by atoms with Gasteiger partial charge < -0.3 is 10.1 Å². The van der Waals surface area contributed by atoms with Crippen molar-refractivity contribution in [1.29, 1.82) is 0 Å². The van der Waals surface area contributed by atoms with Crippen molar-refractivity contribution >= 4 is 0 Å². The van der Waals surface area contributed by atoms with Crippen LogP contribution in [-0.2, 0) is 6.42 Å². The molecule has 0 radical (unpaired) electrons. The van der Waals surface area contributed by atoms with Crippen molar-refractivity contribution in [2.45, 2.75) is 12.3 Å². The molecule has 19 heavy (non-hydrogen) atoms. The summed E-state index contributed by atoms with van der Waals surface area (Å²) in [6.07, 6.45) is 0.855. The quantitative estimate of drug-likeness (QED) is 0.889. The summed E-state index contributed by atoms with van der Waals surface area (Å²) in [5, 5.41) is 3.18. The highest BCUT2D eigenvalue weighted by Gasteiger charge is 2.24. The molecule has 2 aromatic carbocycles. The van der Waals surface area contributed by atoms with Crippen molar-refractivity contribution in [3.05, 3.63) is 59.4 Å². The summed E-state index contributed by atoms with van der Waals surface area (Å²) >= 11 is 0. The van der Waals surface area contributed by atoms with Gasteiger partial charge in [-0.3, -0.25) is 0 Å². The lowest BCUT2D eigenvalue weighted by atomic mass is 9.92. The molecule has 2 nitrogen and oxygen atoms in total. The third-order valence-corrected chi connectivity index (χ3v) is 3.54. The number of rotatable bonds is 2. The Labute approximate surface area is 112 Å². The normalized spacial score (nSPS) is 17.1. The van der Waals surface area contributed by atoms with Gasteiger partial charge in [0.25, 0.3) is 0 Å². The topological polar surface area (TPSA) is 21.3 Å². The van der Waals surface area contributed by atoms with Gasteiger partial charge in [0.1, 0.15) is 5.75 Å². The standard InChI is InChI=1S/C16H16FNO/c1-18-10-12-9-11-5-2-3-8-15(11)19-16-13(12)6-4-7-14(16)17/h2-8,12,18H,9-10H2,1H3. The Hall–Kier alpha value is -1.87. The molecule has 1 unspecified atom stereocenters. The molecule has 2 aromatic rings. The molecule has 1 heterocycles. The van der Waals surface area contributed by atoms with Crippen LogP contribution < -0.4 is 10.1 Å². The van der Waals surface area contributed by atoms with Crippen molar-refractivity contribution in [3.8, 4) is 11.5 Å². The highest BCUT2D eigenvalue weighted by atomic mass is 19.1. The van der Waals surface area contributed by atoms with Gasteiger partial charge in [-0.1, -0.05) is 30.3 Å². The summed E-state index contributed by atoms with van der Waals surface area (Å²) < 4.78 is 19.8. The Morgan fingerprint density at radius 3 is 2.89 bits per heavy atom. The second-order valence-electron chi connectivity index (χ2n) is 4.83. The van der Waals surface area contributed by atoms with Crippen molar-refractivity contribution in [2.75, 3.05) is 13.6 Å². The number of benzene rings is 2. The summed E-state index contributed by atoms with van der Waals surface area (Å²) in [5.41, 5.74) is 2.06. The number of para-hydroxylation sites is 2.